The van der Waals surface area contributed by atoms with Crippen molar-refractivity contribution >= 4 is 11.6 Å². The highest BCUT2D eigenvalue weighted by atomic mass is 16.5. The predicted octanol–water partition coefficient (Wildman–Crippen LogP) is 4.18. The van der Waals surface area contributed by atoms with E-state index in [1.165, 1.54) is 0 Å². The van der Waals surface area contributed by atoms with Crippen LogP contribution in [-0.4, -0.2) is 32.2 Å². The first-order chi connectivity index (χ1) is 13.4. The number of anilines is 1. The number of oxazole rings is 1. The number of hydrogen-bond donors (Lipinski definition) is 0. The lowest BCUT2D eigenvalue weighted by Crippen LogP contribution is -2.28. The van der Waals surface area contributed by atoms with Crippen LogP contribution < -0.4 is 14.4 Å². The molecule has 0 N–H and O–H groups in total. The number of methoxy groups -OCH3 is 2. The lowest BCUT2D eigenvalue weighted by atomic mass is 10.1. The Balaban J connectivity index is 1.79. The van der Waals surface area contributed by atoms with Gasteiger partial charge >= 0.3 is 0 Å². The van der Waals surface area contributed by atoms with Crippen LogP contribution >= 0.6 is 0 Å². The molecule has 146 valence electrons. The molecular weight excluding hydrogens is 356 g/mol. The average molecular weight is 380 g/mol. The maximum atomic E-state index is 12.8. The van der Waals surface area contributed by atoms with Crippen molar-refractivity contribution in [2.75, 3.05) is 26.2 Å². The fraction of sp³-hybridized carbons (Fsp3) is 0.273. The second-order valence-electron chi connectivity index (χ2n) is 6.56. The van der Waals surface area contributed by atoms with Gasteiger partial charge in [-0.15, -0.1) is 0 Å². The number of carbonyl (C=O) groups excluding carboxylic acids is 1. The topological polar surface area (TPSA) is 64.8 Å². The number of ether oxygens (including phenoxy) is 2. The van der Waals surface area contributed by atoms with E-state index >= 15 is 0 Å². The van der Waals surface area contributed by atoms with Crippen molar-refractivity contribution in [3.8, 4) is 23.0 Å². The van der Waals surface area contributed by atoms with Crippen LogP contribution in [0.15, 0.2) is 46.9 Å². The molecule has 0 aliphatic heterocycles. The number of rotatable bonds is 6. The summed E-state index contributed by atoms with van der Waals surface area (Å²) < 4.78 is 16.4. The molecule has 0 fully saturated rings. The number of aryl methyl sites for hydroxylation is 2. The molecule has 3 rings (SSSR count). The molecule has 6 nitrogen and oxygen atoms in total. The Morgan fingerprint density at radius 1 is 1.07 bits per heavy atom. The zero-order valence-corrected chi connectivity index (χ0v) is 16.8. The lowest BCUT2D eigenvalue weighted by Gasteiger charge is -2.18. The molecule has 0 aliphatic carbocycles. The summed E-state index contributed by atoms with van der Waals surface area (Å²) in [6.07, 6.45) is 0.145. The molecule has 28 heavy (non-hydrogen) atoms. The number of amides is 1. The van der Waals surface area contributed by atoms with Gasteiger partial charge in [-0.3, -0.25) is 4.79 Å². The smallest absolute Gasteiger partial charge is 0.232 e. The van der Waals surface area contributed by atoms with E-state index in [0.29, 0.717) is 34.5 Å². The minimum Gasteiger partial charge on any atom is -0.493 e. The van der Waals surface area contributed by atoms with Crippen LogP contribution in [0.5, 0.6) is 11.5 Å². The molecule has 3 aromatic rings. The van der Waals surface area contributed by atoms with Crippen molar-refractivity contribution in [2.45, 2.75) is 20.3 Å². The van der Waals surface area contributed by atoms with Crippen LogP contribution in [0, 0.1) is 13.8 Å². The van der Waals surface area contributed by atoms with E-state index in [0.717, 1.165) is 11.1 Å². The zero-order chi connectivity index (χ0) is 20.3. The Morgan fingerprint density at radius 3 is 2.50 bits per heavy atom. The second kappa shape index (κ2) is 8.17. The Bertz CT molecular complexity index is 994. The first-order valence-corrected chi connectivity index (χ1v) is 8.95. The van der Waals surface area contributed by atoms with Gasteiger partial charge in [-0.1, -0.05) is 17.7 Å². The first-order valence-electron chi connectivity index (χ1n) is 8.95. The van der Waals surface area contributed by atoms with E-state index < -0.39 is 0 Å². The summed E-state index contributed by atoms with van der Waals surface area (Å²) in [6.45, 7) is 3.84. The lowest BCUT2D eigenvalue weighted by molar-refractivity contribution is -0.117. The summed E-state index contributed by atoms with van der Waals surface area (Å²) in [7, 11) is 4.86. The third-order valence-corrected chi connectivity index (χ3v) is 4.60. The van der Waals surface area contributed by atoms with E-state index in [1.807, 2.05) is 44.2 Å². The number of likely N-dealkylation sites (N-methyl/N-ethyl adjacent to an activating group) is 1. The van der Waals surface area contributed by atoms with Gasteiger partial charge in [-0.25, -0.2) is 4.98 Å². The van der Waals surface area contributed by atoms with Gasteiger partial charge < -0.3 is 18.8 Å². The molecule has 2 aromatic carbocycles. The van der Waals surface area contributed by atoms with Gasteiger partial charge in [-0.05, 0) is 38.1 Å². The molecule has 1 heterocycles. The maximum Gasteiger partial charge on any atom is 0.232 e. The van der Waals surface area contributed by atoms with Crippen LogP contribution in [-0.2, 0) is 11.2 Å². The van der Waals surface area contributed by atoms with Crippen molar-refractivity contribution in [2.24, 2.45) is 0 Å². The van der Waals surface area contributed by atoms with Crippen LogP contribution in [0.2, 0.25) is 0 Å². The summed E-state index contributed by atoms with van der Waals surface area (Å²) in [4.78, 5) is 18.9. The molecule has 0 spiro atoms. The van der Waals surface area contributed by atoms with Gasteiger partial charge in [0.25, 0.3) is 0 Å². The summed E-state index contributed by atoms with van der Waals surface area (Å²) in [5.74, 6) is 2.25. The van der Waals surface area contributed by atoms with Crippen molar-refractivity contribution in [3.05, 3.63) is 59.5 Å². The Kier molecular flexibility index (Phi) is 5.68. The van der Waals surface area contributed by atoms with Gasteiger partial charge in [0.1, 0.15) is 5.76 Å². The monoisotopic (exact) mass is 380 g/mol. The first kappa shape index (κ1) is 19.5. The average Bonchev–Trinajstić information content (AvgIpc) is 3.07. The highest BCUT2D eigenvalue weighted by Crippen LogP contribution is 2.31. The SMILES string of the molecule is COc1ccc(N(C)C(=O)Cc2nc(-c3cccc(C)c3)oc2C)cc1OC. The molecule has 0 saturated carbocycles. The van der Waals surface area contributed by atoms with E-state index in [1.54, 1.807) is 38.3 Å². The molecule has 0 atom stereocenters. The van der Waals surface area contributed by atoms with Gasteiger partial charge in [-0.2, -0.15) is 0 Å². The van der Waals surface area contributed by atoms with Gasteiger partial charge in [0.05, 0.1) is 26.3 Å². The number of carbonyl (C=O) groups is 1. The molecule has 0 unspecified atom stereocenters. The van der Waals surface area contributed by atoms with E-state index in [9.17, 15) is 4.79 Å². The molecule has 0 saturated heterocycles. The minimum atomic E-state index is -0.0978. The molecule has 0 bridgehead atoms. The molecule has 0 aliphatic rings. The van der Waals surface area contributed by atoms with Gasteiger partial charge in [0.15, 0.2) is 11.5 Å². The number of nitrogens with zero attached hydrogens (tertiary/aromatic N) is 2. The van der Waals surface area contributed by atoms with E-state index in [2.05, 4.69) is 4.98 Å². The van der Waals surface area contributed by atoms with Crippen LogP contribution in [0.1, 0.15) is 17.0 Å². The van der Waals surface area contributed by atoms with Crippen molar-refractivity contribution in [3.63, 3.8) is 0 Å². The summed E-state index contributed by atoms with van der Waals surface area (Å²) >= 11 is 0. The van der Waals surface area contributed by atoms with Crippen LogP contribution in [0.25, 0.3) is 11.5 Å². The normalized spacial score (nSPS) is 10.6. The maximum absolute atomic E-state index is 12.8. The third-order valence-electron chi connectivity index (χ3n) is 4.60. The number of aromatic nitrogens is 1. The standard InChI is InChI=1S/C22H24N2O4/c1-14-7-6-8-16(11-14)22-23-18(15(2)28-22)13-21(25)24(3)17-9-10-19(26-4)20(12-17)27-5/h6-12H,13H2,1-5H3. The van der Waals surface area contributed by atoms with Gasteiger partial charge in [0, 0.05) is 24.4 Å². The van der Waals surface area contributed by atoms with Crippen LogP contribution in [0.3, 0.4) is 0 Å². The third kappa shape index (κ3) is 4.01. The largest absolute Gasteiger partial charge is 0.493 e. The van der Waals surface area contributed by atoms with Crippen LogP contribution in [0.4, 0.5) is 5.69 Å². The fourth-order valence-electron chi connectivity index (χ4n) is 2.93. The summed E-state index contributed by atoms with van der Waals surface area (Å²) in [5, 5.41) is 0. The van der Waals surface area contributed by atoms with Gasteiger partial charge in [0.2, 0.25) is 11.8 Å². The molecule has 6 heteroatoms. The predicted molar refractivity (Wildman–Crippen MR) is 108 cm³/mol. The Hall–Kier alpha value is -3.28. The molecule has 1 amide bonds. The van der Waals surface area contributed by atoms with Crippen molar-refractivity contribution in [1.82, 2.24) is 4.98 Å². The highest BCUT2D eigenvalue weighted by molar-refractivity contribution is 5.94. The molecule has 0 radical (unpaired) electrons. The molecule has 1 aromatic heterocycles. The minimum absolute atomic E-state index is 0.0978. The van der Waals surface area contributed by atoms with Crippen molar-refractivity contribution in [1.29, 1.82) is 0 Å². The zero-order valence-electron chi connectivity index (χ0n) is 16.8. The van der Waals surface area contributed by atoms with E-state index in [-0.39, 0.29) is 12.3 Å². The summed E-state index contributed by atoms with van der Waals surface area (Å²) in [6, 6.07) is 13.3. The molecular formula is C22H24N2O4. The fourth-order valence-corrected chi connectivity index (χ4v) is 2.93. The quantitative estimate of drug-likeness (QED) is 0.642. The highest BCUT2D eigenvalue weighted by Gasteiger charge is 2.19. The van der Waals surface area contributed by atoms with Crippen molar-refractivity contribution < 1.29 is 18.7 Å². The summed E-state index contributed by atoms with van der Waals surface area (Å²) in [5.41, 5.74) is 3.37. The Morgan fingerprint density at radius 2 is 1.82 bits per heavy atom. The number of hydrogen-bond acceptors (Lipinski definition) is 5. The number of benzene rings is 2. The Labute approximate surface area is 164 Å². The second-order valence-corrected chi connectivity index (χ2v) is 6.56. The van der Waals surface area contributed by atoms with E-state index in [4.69, 9.17) is 13.9 Å².